The van der Waals surface area contributed by atoms with Crippen LogP contribution in [0.2, 0.25) is 0 Å². The number of hydrogen-bond acceptors (Lipinski definition) is 4. The lowest BCUT2D eigenvalue weighted by Crippen LogP contribution is -2.53. The lowest BCUT2D eigenvalue weighted by atomic mass is 9.93. The van der Waals surface area contributed by atoms with Crippen LogP contribution in [0.1, 0.15) is 29.5 Å². The molecule has 1 N–H and O–H groups in total. The first-order valence-corrected chi connectivity index (χ1v) is 10.6. The lowest BCUT2D eigenvalue weighted by Gasteiger charge is -2.37. The van der Waals surface area contributed by atoms with Crippen molar-refractivity contribution in [2.24, 2.45) is 0 Å². The first-order valence-electron chi connectivity index (χ1n) is 10.6. The molecule has 0 bridgehead atoms. The second-order valence-corrected chi connectivity index (χ2v) is 8.05. The van der Waals surface area contributed by atoms with Crippen LogP contribution in [-0.4, -0.2) is 54.4 Å². The molecule has 6 heteroatoms. The third-order valence-corrected chi connectivity index (χ3v) is 6.02. The van der Waals surface area contributed by atoms with E-state index in [1.54, 1.807) is 7.11 Å². The zero-order chi connectivity index (χ0) is 20.9. The average molecular weight is 408 g/mol. The highest BCUT2D eigenvalue weighted by molar-refractivity contribution is 5.84. The standard InChI is InChI=1S/C24H29N3O3/c1-30-21-10-6-7-18(13-21)15-25-23(28)17-27-16-20-9-3-2-8-19(20)14-22(27)24(29)26-11-4-5-12-26/h2-3,6-10,13,22H,4-5,11-12,14-17H2,1H3,(H,25,28). The predicted molar refractivity (Wildman–Crippen MR) is 115 cm³/mol. The molecular weight excluding hydrogens is 378 g/mol. The Kier molecular flexibility index (Phi) is 6.33. The topological polar surface area (TPSA) is 61.9 Å². The van der Waals surface area contributed by atoms with Gasteiger partial charge in [-0.1, -0.05) is 36.4 Å². The van der Waals surface area contributed by atoms with Gasteiger partial charge in [0.1, 0.15) is 5.75 Å². The third-order valence-electron chi connectivity index (χ3n) is 6.02. The number of nitrogens with zero attached hydrogens (tertiary/aromatic N) is 2. The summed E-state index contributed by atoms with van der Waals surface area (Å²) in [6.07, 6.45) is 2.79. The van der Waals surface area contributed by atoms with Crippen LogP contribution >= 0.6 is 0 Å². The maximum absolute atomic E-state index is 13.2. The van der Waals surface area contributed by atoms with E-state index < -0.39 is 0 Å². The number of benzene rings is 2. The second-order valence-electron chi connectivity index (χ2n) is 8.05. The summed E-state index contributed by atoms with van der Waals surface area (Å²) in [7, 11) is 1.63. The molecule has 1 saturated heterocycles. The Hall–Kier alpha value is -2.86. The first kappa shape index (κ1) is 20.4. The van der Waals surface area contributed by atoms with Gasteiger partial charge in [0, 0.05) is 26.2 Å². The zero-order valence-corrected chi connectivity index (χ0v) is 17.5. The van der Waals surface area contributed by atoms with Crippen LogP contribution in [0.15, 0.2) is 48.5 Å². The Morgan fingerprint density at radius 2 is 1.83 bits per heavy atom. The molecule has 158 valence electrons. The Morgan fingerprint density at radius 3 is 2.60 bits per heavy atom. The summed E-state index contributed by atoms with van der Waals surface area (Å²) in [4.78, 5) is 29.9. The molecule has 2 aromatic rings. The number of amides is 2. The number of ether oxygens (including phenoxy) is 1. The van der Waals surface area contributed by atoms with Crippen LogP contribution in [0, 0.1) is 0 Å². The van der Waals surface area contributed by atoms with E-state index in [1.165, 1.54) is 11.1 Å². The van der Waals surface area contributed by atoms with Crippen molar-refractivity contribution in [2.75, 3.05) is 26.7 Å². The smallest absolute Gasteiger partial charge is 0.240 e. The van der Waals surface area contributed by atoms with Crippen LogP contribution in [0.25, 0.3) is 0 Å². The van der Waals surface area contributed by atoms with E-state index in [-0.39, 0.29) is 24.4 Å². The normalized spacial score (nSPS) is 18.7. The maximum atomic E-state index is 13.2. The van der Waals surface area contributed by atoms with Crippen molar-refractivity contribution in [3.63, 3.8) is 0 Å². The van der Waals surface area contributed by atoms with Crippen molar-refractivity contribution < 1.29 is 14.3 Å². The number of likely N-dealkylation sites (tertiary alicyclic amines) is 1. The molecule has 2 heterocycles. The monoisotopic (exact) mass is 407 g/mol. The molecule has 0 aliphatic carbocycles. The molecule has 1 unspecified atom stereocenters. The van der Waals surface area contributed by atoms with Gasteiger partial charge in [0.15, 0.2) is 0 Å². The van der Waals surface area contributed by atoms with Crippen molar-refractivity contribution in [1.29, 1.82) is 0 Å². The second kappa shape index (κ2) is 9.30. The van der Waals surface area contributed by atoms with Gasteiger partial charge in [-0.2, -0.15) is 0 Å². The van der Waals surface area contributed by atoms with Gasteiger partial charge in [0.25, 0.3) is 0 Å². The Labute approximate surface area is 177 Å². The van der Waals surface area contributed by atoms with Crippen LogP contribution in [0.3, 0.4) is 0 Å². The van der Waals surface area contributed by atoms with E-state index in [0.29, 0.717) is 19.5 Å². The number of methoxy groups -OCH3 is 1. The average Bonchev–Trinajstić information content (AvgIpc) is 3.32. The van der Waals surface area contributed by atoms with Crippen molar-refractivity contribution in [3.8, 4) is 5.75 Å². The van der Waals surface area contributed by atoms with E-state index in [4.69, 9.17) is 4.74 Å². The van der Waals surface area contributed by atoms with Gasteiger partial charge in [-0.15, -0.1) is 0 Å². The molecule has 1 fully saturated rings. The number of carbonyl (C=O) groups excluding carboxylic acids is 2. The number of hydrogen-bond donors (Lipinski definition) is 1. The van der Waals surface area contributed by atoms with Crippen LogP contribution < -0.4 is 10.1 Å². The Morgan fingerprint density at radius 1 is 1.07 bits per heavy atom. The first-order chi connectivity index (χ1) is 14.6. The van der Waals surface area contributed by atoms with Crippen molar-refractivity contribution >= 4 is 11.8 Å². The largest absolute Gasteiger partial charge is 0.497 e. The molecule has 1 atom stereocenters. The molecule has 2 aromatic carbocycles. The van der Waals surface area contributed by atoms with Crippen molar-refractivity contribution in [2.45, 2.75) is 38.4 Å². The summed E-state index contributed by atoms with van der Waals surface area (Å²) >= 11 is 0. The number of nitrogens with one attached hydrogen (secondary N) is 1. The minimum Gasteiger partial charge on any atom is -0.497 e. The molecule has 30 heavy (non-hydrogen) atoms. The number of fused-ring (bicyclic) bond motifs is 1. The fraction of sp³-hybridized carbons (Fsp3) is 0.417. The van der Waals surface area contributed by atoms with E-state index >= 15 is 0 Å². The highest BCUT2D eigenvalue weighted by Crippen LogP contribution is 2.25. The highest BCUT2D eigenvalue weighted by atomic mass is 16.5. The molecule has 2 aliphatic heterocycles. The van der Waals surface area contributed by atoms with Crippen LogP contribution in [-0.2, 0) is 29.1 Å². The summed E-state index contributed by atoms with van der Waals surface area (Å²) in [5, 5.41) is 2.99. The summed E-state index contributed by atoms with van der Waals surface area (Å²) in [6.45, 7) is 2.92. The van der Waals surface area contributed by atoms with Gasteiger partial charge in [-0.3, -0.25) is 14.5 Å². The van der Waals surface area contributed by atoms with Crippen molar-refractivity contribution in [3.05, 3.63) is 65.2 Å². The highest BCUT2D eigenvalue weighted by Gasteiger charge is 2.35. The fourth-order valence-corrected chi connectivity index (χ4v) is 4.36. The lowest BCUT2D eigenvalue weighted by molar-refractivity contribution is -0.137. The fourth-order valence-electron chi connectivity index (χ4n) is 4.36. The van der Waals surface area contributed by atoms with Gasteiger partial charge < -0.3 is 15.0 Å². The van der Waals surface area contributed by atoms with E-state index in [1.807, 2.05) is 46.2 Å². The van der Waals surface area contributed by atoms with E-state index in [9.17, 15) is 9.59 Å². The zero-order valence-electron chi connectivity index (χ0n) is 17.5. The number of rotatable bonds is 6. The van der Waals surface area contributed by atoms with E-state index in [0.717, 1.165) is 37.2 Å². The van der Waals surface area contributed by atoms with Gasteiger partial charge in [0.05, 0.1) is 19.7 Å². The Bertz CT molecular complexity index is 908. The number of carbonyl (C=O) groups is 2. The Balaban J connectivity index is 1.43. The molecular formula is C24H29N3O3. The SMILES string of the molecule is COc1cccc(CNC(=O)CN2Cc3ccccc3CC2C(=O)N2CCCC2)c1. The van der Waals surface area contributed by atoms with Gasteiger partial charge >= 0.3 is 0 Å². The molecule has 2 amide bonds. The van der Waals surface area contributed by atoms with Crippen LogP contribution in [0.4, 0.5) is 0 Å². The molecule has 2 aliphatic rings. The molecule has 0 radical (unpaired) electrons. The van der Waals surface area contributed by atoms with Gasteiger partial charge in [0.2, 0.25) is 11.8 Å². The summed E-state index contributed by atoms with van der Waals surface area (Å²) < 4.78 is 5.24. The quantitative estimate of drug-likeness (QED) is 0.799. The van der Waals surface area contributed by atoms with Crippen LogP contribution in [0.5, 0.6) is 5.75 Å². The van der Waals surface area contributed by atoms with Gasteiger partial charge in [-0.25, -0.2) is 0 Å². The molecule has 0 saturated carbocycles. The summed E-state index contributed by atoms with van der Waals surface area (Å²) in [6, 6.07) is 15.6. The minimum atomic E-state index is -0.277. The maximum Gasteiger partial charge on any atom is 0.240 e. The molecule has 4 rings (SSSR count). The van der Waals surface area contributed by atoms with Gasteiger partial charge in [-0.05, 0) is 48.1 Å². The minimum absolute atomic E-state index is 0.0728. The van der Waals surface area contributed by atoms with E-state index in [2.05, 4.69) is 17.4 Å². The molecule has 0 aromatic heterocycles. The molecule has 0 spiro atoms. The molecule has 6 nitrogen and oxygen atoms in total. The third kappa shape index (κ3) is 4.65. The summed E-state index contributed by atoms with van der Waals surface area (Å²) in [5.41, 5.74) is 3.39. The predicted octanol–water partition coefficient (Wildman–Crippen LogP) is 2.36. The summed E-state index contributed by atoms with van der Waals surface area (Å²) in [5.74, 6) is 0.852. The van der Waals surface area contributed by atoms with Crippen molar-refractivity contribution in [1.82, 2.24) is 15.1 Å².